The summed E-state index contributed by atoms with van der Waals surface area (Å²) in [5.74, 6) is 0.756. The predicted molar refractivity (Wildman–Crippen MR) is 109 cm³/mol. The molecule has 0 radical (unpaired) electrons. The number of aryl methyl sites for hydroxylation is 1. The molecule has 1 atom stereocenters. The van der Waals surface area contributed by atoms with Crippen LogP contribution in [0.25, 0.3) is 0 Å². The number of anilines is 1. The first kappa shape index (κ1) is 21.0. The van der Waals surface area contributed by atoms with Crippen LogP contribution in [0.3, 0.4) is 0 Å². The second-order valence-electron chi connectivity index (χ2n) is 6.26. The van der Waals surface area contributed by atoms with Crippen molar-refractivity contribution in [3.05, 3.63) is 59.7 Å². The normalized spacial score (nSPS) is 11.4. The molecule has 2 rings (SSSR count). The summed E-state index contributed by atoms with van der Waals surface area (Å²) in [6.07, 6.45) is 3.47. The maximum atomic E-state index is 5.94. The van der Waals surface area contributed by atoms with E-state index in [0.717, 1.165) is 24.3 Å². The van der Waals surface area contributed by atoms with E-state index < -0.39 is 0 Å². The van der Waals surface area contributed by atoms with Crippen molar-refractivity contribution >= 4 is 5.69 Å². The summed E-state index contributed by atoms with van der Waals surface area (Å²) in [4.78, 5) is 0. The standard InChI is InChI=1S/C15H17NO.C7H17N/c1-2-12-8-9-15(14(16)10-12)17-11-13-6-4-3-5-7-13;1-4-6-8-7(3)5-2/h3-10H,2,11,16H2,1H3;7-8H,4-6H2,1-3H3. The fourth-order valence-corrected chi connectivity index (χ4v) is 2.22. The molecule has 0 saturated heterocycles. The molecule has 0 aromatic heterocycles. The van der Waals surface area contributed by atoms with E-state index in [4.69, 9.17) is 10.5 Å². The first-order valence-electron chi connectivity index (χ1n) is 9.39. The predicted octanol–water partition coefficient (Wildman–Crippen LogP) is 5.19. The molecule has 0 bridgehead atoms. The van der Waals surface area contributed by atoms with Crippen molar-refractivity contribution in [2.24, 2.45) is 0 Å². The molecule has 3 nitrogen and oxygen atoms in total. The number of nitrogen functional groups attached to an aromatic ring is 1. The molecule has 1 unspecified atom stereocenters. The van der Waals surface area contributed by atoms with Crippen LogP contribution in [0.2, 0.25) is 0 Å². The van der Waals surface area contributed by atoms with E-state index in [-0.39, 0.29) is 0 Å². The highest BCUT2D eigenvalue weighted by Gasteiger charge is 2.01. The van der Waals surface area contributed by atoms with Crippen LogP contribution in [0.4, 0.5) is 5.69 Å². The Kier molecular flexibility index (Phi) is 10.4. The van der Waals surface area contributed by atoms with Gasteiger partial charge in [-0.05, 0) is 56.0 Å². The maximum Gasteiger partial charge on any atom is 0.142 e. The zero-order valence-corrected chi connectivity index (χ0v) is 16.2. The molecule has 0 spiro atoms. The van der Waals surface area contributed by atoms with Crippen LogP contribution in [0.1, 0.15) is 51.7 Å². The highest BCUT2D eigenvalue weighted by molar-refractivity contribution is 5.54. The molecule has 2 aromatic rings. The Balaban J connectivity index is 0.000000333. The van der Waals surface area contributed by atoms with Gasteiger partial charge in [0.15, 0.2) is 0 Å². The van der Waals surface area contributed by atoms with E-state index in [1.54, 1.807) is 0 Å². The lowest BCUT2D eigenvalue weighted by molar-refractivity contribution is 0.308. The van der Waals surface area contributed by atoms with Crippen LogP contribution in [0.15, 0.2) is 48.5 Å². The molecule has 0 fully saturated rings. The number of nitrogens with two attached hydrogens (primary N) is 1. The third kappa shape index (κ3) is 8.59. The lowest BCUT2D eigenvalue weighted by atomic mass is 10.1. The Hall–Kier alpha value is -2.00. The van der Waals surface area contributed by atoms with Gasteiger partial charge in [-0.25, -0.2) is 0 Å². The summed E-state index contributed by atoms with van der Waals surface area (Å²) in [5, 5.41) is 3.38. The lowest BCUT2D eigenvalue weighted by Crippen LogP contribution is -2.25. The van der Waals surface area contributed by atoms with Gasteiger partial charge in [-0.3, -0.25) is 0 Å². The zero-order valence-electron chi connectivity index (χ0n) is 16.2. The molecular weight excluding hydrogens is 308 g/mol. The molecule has 0 aliphatic rings. The molecule has 3 heteroatoms. The first-order valence-corrected chi connectivity index (χ1v) is 9.39. The number of ether oxygens (including phenoxy) is 1. The molecule has 0 amide bonds. The highest BCUT2D eigenvalue weighted by atomic mass is 16.5. The van der Waals surface area contributed by atoms with Gasteiger partial charge >= 0.3 is 0 Å². The van der Waals surface area contributed by atoms with Gasteiger partial charge in [0.1, 0.15) is 12.4 Å². The SMILES string of the molecule is CCCNC(C)CC.CCc1ccc(OCc2ccccc2)c(N)c1. The van der Waals surface area contributed by atoms with Gasteiger partial charge in [-0.1, -0.05) is 57.2 Å². The van der Waals surface area contributed by atoms with Crippen molar-refractivity contribution in [1.82, 2.24) is 5.32 Å². The summed E-state index contributed by atoms with van der Waals surface area (Å²) in [5.41, 5.74) is 9.02. The third-order valence-electron chi connectivity index (χ3n) is 4.07. The van der Waals surface area contributed by atoms with Gasteiger partial charge in [-0.2, -0.15) is 0 Å². The molecule has 0 aliphatic carbocycles. The van der Waals surface area contributed by atoms with Crippen molar-refractivity contribution < 1.29 is 4.74 Å². The van der Waals surface area contributed by atoms with Crippen molar-refractivity contribution in [1.29, 1.82) is 0 Å². The van der Waals surface area contributed by atoms with Gasteiger partial charge < -0.3 is 15.8 Å². The quantitative estimate of drug-likeness (QED) is 0.649. The molecule has 0 aliphatic heterocycles. The van der Waals surface area contributed by atoms with Gasteiger partial charge in [0.25, 0.3) is 0 Å². The van der Waals surface area contributed by atoms with Crippen LogP contribution in [0, 0.1) is 0 Å². The first-order chi connectivity index (χ1) is 12.1. The van der Waals surface area contributed by atoms with Crippen LogP contribution in [-0.4, -0.2) is 12.6 Å². The molecule has 3 N–H and O–H groups in total. The molecular formula is C22H34N2O. The van der Waals surface area contributed by atoms with Gasteiger partial charge in [0.05, 0.1) is 5.69 Å². The summed E-state index contributed by atoms with van der Waals surface area (Å²) in [6, 6.07) is 16.7. The number of hydrogen-bond acceptors (Lipinski definition) is 3. The highest BCUT2D eigenvalue weighted by Crippen LogP contribution is 2.23. The fourth-order valence-electron chi connectivity index (χ4n) is 2.22. The average Bonchev–Trinajstić information content (AvgIpc) is 2.66. The molecule has 138 valence electrons. The van der Waals surface area contributed by atoms with Crippen LogP contribution < -0.4 is 15.8 Å². The van der Waals surface area contributed by atoms with Crippen molar-refractivity contribution in [3.63, 3.8) is 0 Å². The average molecular weight is 343 g/mol. The second-order valence-corrected chi connectivity index (χ2v) is 6.26. The smallest absolute Gasteiger partial charge is 0.142 e. The Morgan fingerprint density at radius 3 is 2.28 bits per heavy atom. The minimum Gasteiger partial charge on any atom is -0.487 e. The number of rotatable bonds is 8. The topological polar surface area (TPSA) is 47.3 Å². The minimum atomic E-state index is 0.552. The van der Waals surface area contributed by atoms with Crippen molar-refractivity contribution in [2.75, 3.05) is 12.3 Å². The van der Waals surface area contributed by atoms with Crippen LogP contribution in [-0.2, 0) is 13.0 Å². The largest absolute Gasteiger partial charge is 0.487 e. The number of benzene rings is 2. The minimum absolute atomic E-state index is 0.552. The lowest BCUT2D eigenvalue weighted by Gasteiger charge is -2.10. The van der Waals surface area contributed by atoms with E-state index in [9.17, 15) is 0 Å². The van der Waals surface area contributed by atoms with Gasteiger partial charge in [0.2, 0.25) is 0 Å². The molecule has 0 heterocycles. The second kappa shape index (κ2) is 12.4. The number of nitrogens with one attached hydrogen (secondary N) is 1. The Morgan fingerprint density at radius 2 is 1.72 bits per heavy atom. The summed E-state index contributed by atoms with van der Waals surface area (Å²) < 4.78 is 5.70. The summed E-state index contributed by atoms with van der Waals surface area (Å²) >= 11 is 0. The van der Waals surface area contributed by atoms with Crippen molar-refractivity contribution in [2.45, 2.75) is 59.6 Å². The molecule has 0 saturated carbocycles. The molecule has 2 aromatic carbocycles. The zero-order chi connectivity index (χ0) is 18.5. The van der Waals surface area contributed by atoms with E-state index in [0.29, 0.717) is 18.3 Å². The summed E-state index contributed by atoms with van der Waals surface area (Å²) in [6.45, 7) is 10.4. The fraction of sp³-hybridized carbons (Fsp3) is 0.455. The van der Waals surface area contributed by atoms with E-state index in [1.807, 2.05) is 42.5 Å². The van der Waals surface area contributed by atoms with Gasteiger partial charge in [-0.15, -0.1) is 0 Å². The van der Waals surface area contributed by atoms with E-state index in [1.165, 1.54) is 18.4 Å². The number of hydrogen-bond donors (Lipinski definition) is 2. The van der Waals surface area contributed by atoms with Crippen LogP contribution in [0.5, 0.6) is 5.75 Å². The monoisotopic (exact) mass is 342 g/mol. The Bertz CT molecular complexity index is 584. The maximum absolute atomic E-state index is 5.94. The third-order valence-corrected chi connectivity index (χ3v) is 4.07. The van der Waals surface area contributed by atoms with Crippen LogP contribution >= 0.6 is 0 Å². The summed E-state index contributed by atoms with van der Waals surface area (Å²) in [7, 11) is 0. The Labute approximate surface area is 153 Å². The van der Waals surface area contributed by atoms with E-state index in [2.05, 4.69) is 39.1 Å². The molecule has 25 heavy (non-hydrogen) atoms. The Morgan fingerprint density at radius 1 is 1.00 bits per heavy atom. The van der Waals surface area contributed by atoms with Crippen molar-refractivity contribution in [3.8, 4) is 5.75 Å². The van der Waals surface area contributed by atoms with Gasteiger partial charge in [0, 0.05) is 6.04 Å². The van der Waals surface area contributed by atoms with E-state index >= 15 is 0 Å².